The van der Waals surface area contributed by atoms with Gasteiger partial charge >= 0.3 is 0 Å². The van der Waals surface area contributed by atoms with Gasteiger partial charge in [0.05, 0.1) is 17.1 Å². The fourth-order valence-electron chi connectivity index (χ4n) is 2.98. The van der Waals surface area contributed by atoms with Gasteiger partial charge in [-0.15, -0.1) is 0 Å². The van der Waals surface area contributed by atoms with Gasteiger partial charge in [-0.1, -0.05) is 0 Å². The summed E-state index contributed by atoms with van der Waals surface area (Å²) in [5, 5.41) is 8.33. The van der Waals surface area contributed by atoms with E-state index in [0.717, 1.165) is 42.7 Å². The summed E-state index contributed by atoms with van der Waals surface area (Å²) in [5.74, 6) is 0.0819. The lowest BCUT2D eigenvalue weighted by Crippen LogP contribution is -2.47. The van der Waals surface area contributed by atoms with E-state index in [4.69, 9.17) is 0 Å². The molecule has 0 radical (unpaired) electrons. The van der Waals surface area contributed by atoms with Crippen molar-refractivity contribution in [3.63, 3.8) is 0 Å². The van der Waals surface area contributed by atoms with Crippen LogP contribution in [0.3, 0.4) is 0 Å². The number of amides is 1. The fraction of sp³-hybridized carbons (Fsp3) is 0.533. The Kier molecular flexibility index (Phi) is 3.63. The first kappa shape index (κ1) is 14.0. The Bertz CT molecular complexity index is 678. The summed E-state index contributed by atoms with van der Waals surface area (Å²) >= 11 is 0. The zero-order valence-corrected chi connectivity index (χ0v) is 12.8. The lowest BCUT2D eigenvalue weighted by Gasteiger charge is -2.32. The molecule has 2 aromatic heterocycles. The summed E-state index contributed by atoms with van der Waals surface area (Å²) in [6, 6.07) is 2.25. The van der Waals surface area contributed by atoms with Gasteiger partial charge in [-0.2, -0.15) is 5.10 Å². The van der Waals surface area contributed by atoms with Crippen LogP contribution in [0.15, 0.2) is 12.3 Å². The quantitative estimate of drug-likeness (QED) is 0.898. The number of fused-ring (bicyclic) bond motifs is 1. The molecular formula is C15H21N5O. The molecule has 112 valence electrons. The van der Waals surface area contributed by atoms with Gasteiger partial charge in [0.2, 0.25) is 0 Å². The number of aromatic nitrogens is 3. The maximum Gasteiger partial charge on any atom is 0.254 e. The van der Waals surface area contributed by atoms with E-state index in [1.54, 1.807) is 10.9 Å². The van der Waals surface area contributed by atoms with Crippen LogP contribution in [0.2, 0.25) is 0 Å². The number of likely N-dealkylation sites (N-methyl/N-ethyl adjacent to an activating group) is 1. The van der Waals surface area contributed by atoms with Crippen molar-refractivity contribution in [1.29, 1.82) is 0 Å². The number of carbonyl (C=O) groups is 1. The largest absolute Gasteiger partial charge is 0.337 e. The van der Waals surface area contributed by atoms with Crippen LogP contribution in [-0.4, -0.2) is 51.8 Å². The van der Waals surface area contributed by atoms with E-state index in [0.29, 0.717) is 11.6 Å². The van der Waals surface area contributed by atoms with Crippen LogP contribution < -0.4 is 5.32 Å². The van der Waals surface area contributed by atoms with Crippen LogP contribution in [-0.2, 0) is 7.05 Å². The maximum atomic E-state index is 12.9. The predicted octanol–water partition coefficient (Wildman–Crippen LogP) is 1.10. The number of rotatable bonds is 2. The Hall–Kier alpha value is -1.95. The molecular weight excluding hydrogens is 266 g/mol. The van der Waals surface area contributed by atoms with Gasteiger partial charge in [-0.05, 0) is 32.9 Å². The van der Waals surface area contributed by atoms with E-state index >= 15 is 0 Å². The van der Waals surface area contributed by atoms with Gasteiger partial charge in [-0.3, -0.25) is 9.48 Å². The molecule has 1 aliphatic rings. The SMILES string of the molecule is CN[C@@H]1CCCN(C(=O)c2cc(C)nc3c2cnn3C)C1. The van der Waals surface area contributed by atoms with Gasteiger partial charge in [0.1, 0.15) is 0 Å². The lowest BCUT2D eigenvalue weighted by atomic mass is 10.0. The number of nitrogens with zero attached hydrogens (tertiary/aromatic N) is 4. The summed E-state index contributed by atoms with van der Waals surface area (Å²) in [7, 11) is 3.80. The number of nitrogens with one attached hydrogen (secondary N) is 1. The van der Waals surface area contributed by atoms with Crippen LogP contribution in [0, 0.1) is 6.92 Å². The predicted molar refractivity (Wildman–Crippen MR) is 81.2 cm³/mol. The molecule has 0 bridgehead atoms. The number of aryl methyl sites for hydroxylation is 2. The zero-order chi connectivity index (χ0) is 15.0. The van der Waals surface area contributed by atoms with Crippen molar-refractivity contribution in [2.45, 2.75) is 25.8 Å². The standard InChI is InChI=1S/C15H21N5O/c1-10-7-12(13-8-17-19(3)14(13)18-10)15(21)20-6-4-5-11(9-20)16-2/h7-8,11,16H,4-6,9H2,1-3H3/t11-/m1/s1. The number of piperidine rings is 1. The van der Waals surface area contributed by atoms with Crippen LogP contribution in [0.4, 0.5) is 0 Å². The maximum absolute atomic E-state index is 12.9. The van der Waals surface area contributed by atoms with Crippen LogP contribution in [0.25, 0.3) is 11.0 Å². The minimum absolute atomic E-state index is 0.0819. The second kappa shape index (κ2) is 5.44. The molecule has 1 saturated heterocycles. The molecule has 0 saturated carbocycles. The van der Waals surface area contributed by atoms with Crippen LogP contribution >= 0.6 is 0 Å². The number of pyridine rings is 1. The van der Waals surface area contributed by atoms with E-state index in [1.807, 2.05) is 32.0 Å². The average Bonchev–Trinajstić information content (AvgIpc) is 2.87. The molecule has 21 heavy (non-hydrogen) atoms. The Morgan fingerprint density at radius 3 is 3.05 bits per heavy atom. The highest BCUT2D eigenvalue weighted by atomic mass is 16.2. The number of hydrogen-bond donors (Lipinski definition) is 1. The van der Waals surface area contributed by atoms with Gasteiger partial charge in [0.25, 0.3) is 5.91 Å². The normalized spacial score (nSPS) is 19.2. The van der Waals surface area contributed by atoms with Crippen molar-refractivity contribution in [2.24, 2.45) is 7.05 Å². The summed E-state index contributed by atoms with van der Waals surface area (Å²) in [6.45, 7) is 3.49. The zero-order valence-electron chi connectivity index (χ0n) is 12.8. The molecule has 3 heterocycles. The highest BCUT2D eigenvalue weighted by Crippen LogP contribution is 2.21. The summed E-state index contributed by atoms with van der Waals surface area (Å²) in [6.07, 6.45) is 3.89. The monoisotopic (exact) mass is 287 g/mol. The third kappa shape index (κ3) is 2.51. The minimum Gasteiger partial charge on any atom is -0.337 e. The highest BCUT2D eigenvalue weighted by Gasteiger charge is 2.25. The van der Waals surface area contributed by atoms with Crippen molar-refractivity contribution >= 4 is 16.9 Å². The molecule has 2 aromatic rings. The smallest absolute Gasteiger partial charge is 0.254 e. The summed E-state index contributed by atoms with van der Waals surface area (Å²) in [4.78, 5) is 19.3. The molecule has 1 N–H and O–H groups in total. The van der Waals surface area contributed by atoms with E-state index in [9.17, 15) is 4.79 Å². The molecule has 0 aromatic carbocycles. The third-order valence-corrected chi connectivity index (χ3v) is 4.18. The number of likely N-dealkylation sites (tertiary alicyclic amines) is 1. The Morgan fingerprint density at radius 1 is 1.48 bits per heavy atom. The van der Waals surface area contributed by atoms with Gasteiger partial charge in [-0.25, -0.2) is 4.98 Å². The third-order valence-electron chi connectivity index (χ3n) is 4.18. The van der Waals surface area contributed by atoms with Gasteiger partial charge < -0.3 is 10.2 Å². The number of carbonyl (C=O) groups excluding carboxylic acids is 1. The molecule has 6 heteroatoms. The first-order valence-electron chi connectivity index (χ1n) is 7.36. The number of hydrogen-bond acceptors (Lipinski definition) is 4. The Balaban J connectivity index is 1.97. The van der Waals surface area contributed by atoms with Gasteiger partial charge in [0.15, 0.2) is 5.65 Å². The van der Waals surface area contributed by atoms with E-state index < -0.39 is 0 Å². The van der Waals surface area contributed by atoms with Crippen molar-refractivity contribution in [3.8, 4) is 0 Å². The molecule has 0 aliphatic carbocycles. The summed E-state index contributed by atoms with van der Waals surface area (Å²) in [5.41, 5.74) is 2.32. The van der Waals surface area contributed by atoms with E-state index in [1.165, 1.54) is 0 Å². The van der Waals surface area contributed by atoms with E-state index in [2.05, 4.69) is 15.4 Å². The molecule has 1 aliphatic heterocycles. The van der Waals surface area contributed by atoms with Crippen molar-refractivity contribution in [2.75, 3.05) is 20.1 Å². The van der Waals surface area contributed by atoms with E-state index in [-0.39, 0.29) is 5.91 Å². The lowest BCUT2D eigenvalue weighted by molar-refractivity contribution is 0.0700. The van der Waals surface area contributed by atoms with Crippen molar-refractivity contribution < 1.29 is 4.79 Å². The summed E-state index contributed by atoms with van der Waals surface area (Å²) < 4.78 is 1.71. The Labute approximate surface area is 124 Å². The molecule has 0 spiro atoms. The fourth-order valence-corrected chi connectivity index (χ4v) is 2.98. The first-order chi connectivity index (χ1) is 10.1. The highest BCUT2D eigenvalue weighted by molar-refractivity contribution is 6.05. The minimum atomic E-state index is 0.0819. The second-order valence-corrected chi connectivity index (χ2v) is 5.70. The molecule has 0 unspecified atom stereocenters. The van der Waals surface area contributed by atoms with Crippen LogP contribution in [0.5, 0.6) is 0 Å². The molecule has 1 amide bonds. The topological polar surface area (TPSA) is 63.1 Å². The van der Waals surface area contributed by atoms with Gasteiger partial charge in [0, 0.05) is 31.9 Å². The molecule has 3 rings (SSSR count). The van der Waals surface area contributed by atoms with Crippen molar-refractivity contribution in [3.05, 3.63) is 23.5 Å². The van der Waals surface area contributed by atoms with Crippen molar-refractivity contribution in [1.82, 2.24) is 25.0 Å². The van der Waals surface area contributed by atoms with Crippen LogP contribution in [0.1, 0.15) is 28.9 Å². The average molecular weight is 287 g/mol. The first-order valence-corrected chi connectivity index (χ1v) is 7.36. The molecule has 1 atom stereocenters. The molecule has 6 nitrogen and oxygen atoms in total. The molecule has 1 fully saturated rings. The Morgan fingerprint density at radius 2 is 2.29 bits per heavy atom. The second-order valence-electron chi connectivity index (χ2n) is 5.70.